The maximum Gasteiger partial charge on any atom is 0.243 e. The molecule has 1 fully saturated rings. The molecule has 35 heavy (non-hydrogen) atoms. The highest BCUT2D eigenvalue weighted by atomic mass is 35.5. The molecule has 4 rings (SSSR count). The van der Waals surface area contributed by atoms with Gasteiger partial charge in [-0.15, -0.1) is 0 Å². The van der Waals surface area contributed by atoms with Gasteiger partial charge in [-0.25, -0.2) is 12.8 Å². The lowest BCUT2D eigenvalue weighted by Crippen LogP contribution is -2.45. The van der Waals surface area contributed by atoms with Gasteiger partial charge in [-0.3, -0.25) is 4.79 Å². The molecule has 0 spiro atoms. The molecule has 0 saturated carbocycles. The number of hydrogen-bond acceptors (Lipinski definition) is 5. The third kappa shape index (κ3) is 6.70. The summed E-state index contributed by atoms with van der Waals surface area (Å²) in [5, 5.41) is 0.412. The summed E-state index contributed by atoms with van der Waals surface area (Å²) in [6, 6.07) is 15.1. The quantitative estimate of drug-likeness (QED) is 0.394. The molecule has 2 heterocycles. The molecule has 3 aromatic rings. The molecule has 1 amide bonds. The molecule has 1 aliphatic rings. The minimum atomic E-state index is -4.00. The van der Waals surface area contributed by atoms with Crippen LogP contribution < -0.4 is 0 Å². The van der Waals surface area contributed by atoms with E-state index in [1.54, 1.807) is 24.3 Å². The lowest BCUT2D eigenvalue weighted by atomic mass is 10.2. The summed E-state index contributed by atoms with van der Waals surface area (Å²) < 4.78 is 52.6. The monoisotopic (exact) mass is 520 g/mol. The number of carbonyl (C=O) groups is 1. The second kappa shape index (κ2) is 11.3. The molecule has 10 heteroatoms. The van der Waals surface area contributed by atoms with Crippen LogP contribution in [0.4, 0.5) is 4.39 Å². The van der Waals surface area contributed by atoms with E-state index < -0.39 is 15.9 Å². The molecule has 0 radical (unpaired) electrons. The van der Waals surface area contributed by atoms with E-state index in [2.05, 4.69) is 0 Å². The fourth-order valence-electron chi connectivity index (χ4n) is 3.90. The summed E-state index contributed by atoms with van der Waals surface area (Å²) >= 11 is 5.94. The fraction of sp³-hybridized carbons (Fsp3) is 0.320. The lowest BCUT2D eigenvalue weighted by Gasteiger charge is -2.28. The summed E-state index contributed by atoms with van der Waals surface area (Å²) in [4.78, 5) is 15.0. The van der Waals surface area contributed by atoms with Gasteiger partial charge in [0.25, 0.3) is 0 Å². The first-order chi connectivity index (χ1) is 16.8. The number of furan rings is 1. The average Bonchev–Trinajstić information content (AvgIpc) is 3.54. The highest BCUT2D eigenvalue weighted by molar-refractivity contribution is 7.89. The number of ether oxygens (including phenoxy) is 1. The van der Waals surface area contributed by atoms with Crippen molar-refractivity contribution in [2.24, 2.45) is 0 Å². The molecule has 1 atom stereocenters. The van der Waals surface area contributed by atoms with E-state index in [-0.39, 0.29) is 43.0 Å². The van der Waals surface area contributed by atoms with E-state index in [1.165, 1.54) is 47.6 Å². The maximum atomic E-state index is 13.5. The Morgan fingerprint density at radius 1 is 1.06 bits per heavy atom. The zero-order chi connectivity index (χ0) is 24.8. The number of carbonyl (C=O) groups excluding carboxylic acids is 1. The standard InChI is InChI=1S/C25H26ClFN2O5S/c26-20-7-11-24(12-8-20)35(31,32)29(17-23-4-2-14-34-23)18-25(30)28(16-22-3-1-13-33-22)15-19-5-9-21(27)10-6-19/h1,3,5-13,23H,2,4,14-18H2/t23-/m1/s1. The van der Waals surface area contributed by atoms with Gasteiger partial charge in [0.15, 0.2) is 0 Å². The molecule has 0 aliphatic carbocycles. The van der Waals surface area contributed by atoms with Crippen molar-refractivity contribution in [3.63, 3.8) is 0 Å². The minimum Gasteiger partial charge on any atom is -0.467 e. The summed E-state index contributed by atoms with van der Waals surface area (Å²) in [5.74, 6) is -0.248. The van der Waals surface area contributed by atoms with Crippen LogP contribution in [0.5, 0.6) is 0 Å². The van der Waals surface area contributed by atoms with Crippen molar-refractivity contribution in [2.75, 3.05) is 19.7 Å². The van der Waals surface area contributed by atoms with Gasteiger partial charge in [0, 0.05) is 24.7 Å². The Morgan fingerprint density at radius 2 is 1.80 bits per heavy atom. The van der Waals surface area contributed by atoms with Crippen molar-refractivity contribution >= 4 is 27.5 Å². The van der Waals surface area contributed by atoms with E-state index in [0.717, 1.165) is 10.7 Å². The lowest BCUT2D eigenvalue weighted by molar-refractivity contribution is -0.133. The zero-order valence-corrected chi connectivity index (χ0v) is 20.6. The Morgan fingerprint density at radius 3 is 2.43 bits per heavy atom. The summed E-state index contributed by atoms with van der Waals surface area (Å²) in [5.41, 5.74) is 0.706. The van der Waals surface area contributed by atoms with Crippen molar-refractivity contribution in [1.82, 2.24) is 9.21 Å². The number of hydrogen-bond donors (Lipinski definition) is 0. The van der Waals surface area contributed by atoms with Crippen LogP contribution in [0.3, 0.4) is 0 Å². The van der Waals surface area contributed by atoms with Crippen LogP contribution in [0.25, 0.3) is 0 Å². The number of halogens is 2. The normalized spacial score (nSPS) is 16.0. The van der Waals surface area contributed by atoms with Crippen LogP contribution in [0.1, 0.15) is 24.2 Å². The summed E-state index contributed by atoms with van der Waals surface area (Å²) in [6.07, 6.45) is 2.76. The Balaban J connectivity index is 1.59. The van der Waals surface area contributed by atoms with Crippen LogP contribution in [0.15, 0.2) is 76.2 Å². The van der Waals surface area contributed by atoms with Gasteiger partial charge < -0.3 is 14.1 Å². The van der Waals surface area contributed by atoms with E-state index in [1.807, 2.05) is 0 Å². The Kier molecular flexibility index (Phi) is 8.22. The highest BCUT2D eigenvalue weighted by Gasteiger charge is 2.32. The molecule has 0 unspecified atom stereocenters. The number of nitrogens with zero attached hydrogens (tertiary/aromatic N) is 2. The second-order valence-corrected chi connectivity index (χ2v) is 10.7. The van der Waals surface area contributed by atoms with E-state index >= 15 is 0 Å². The van der Waals surface area contributed by atoms with Crippen LogP contribution >= 0.6 is 11.6 Å². The van der Waals surface area contributed by atoms with Crippen molar-refractivity contribution in [1.29, 1.82) is 0 Å². The van der Waals surface area contributed by atoms with Crippen LogP contribution in [0, 0.1) is 5.82 Å². The second-order valence-electron chi connectivity index (χ2n) is 8.34. The van der Waals surface area contributed by atoms with Crippen LogP contribution in [-0.2, 0) is 32.6 Å². The molecule has 7 nitrogen and oxygen atoms in total. The predicted molar refractivity (Wildman–Crippen MR) is 129 cm³/mol. The molecule has 0 N–H and O–H groups in total. The minimum absolute atomic E-state index is 0.0452. The number of rotatable bonds is 10. The number of benzene rings is 2. The fourth-order valence-corrected chi connectivity index (χ4v) is 5.45. The van der Waals surface area contributed by atoms with E-state index in [0.29, 0.717) is 29.4 Å². The van der Waals surface area contributed by atoms with Gasteiger partial charge in [0.05, 0.1) is 30.4 Å². The zero-order valence-electron chi connectivity index (χ0n) is 19.0. The largest absolute Gasteiger partial charge is 0.467 e. The van der Waals surface area contributed by atoms with Crippen LogP contribution in [-0.4, -0.2) is 49.3 Å². The predicted octanol–water partition coefficient (Wildman–Crippen LogP) is 4.47. The molecular weight excluding hydrogens is 495 g/mol. The highest BCUT2D eigenvalue weighted by Crippen LogP contribution is 2.22. The molecule has 1 aromatic heterocycles. The van der Waals surface area contributed by atoms with Gasteiger partial charge in [0.1, 0.15) is 11.6 Å². The summed E-state index contributed by atoms with van der Waals surface area (Å²) in [6.45, 7) is 0.531. The van der Waals surface area contributed by atoms with Crippen molar-refractivity contribution < 1.29 is 26.8 Å². The van der Waals surface area contributed by atoms with E-state index in [4.69, 9.17) is 20.8 Å². The molecule has 1 aliphatic heterocycles. The first kappa shape index (κ1) is 25.4. The van der Waals surface area contributed by atoms with Gasteiger partial charge in [-0.1, -0.05) is 23.7 Å². The SMILES string of the molecule is O=C(CN(C[C@H]1CCCO1)S(=O)(=O)c1ccc(Cl)cc1)N(Cc1ccc(F)cc1)Cc1ccco1. The average molecular weight is 521 g/mol. The van der Waals surface area contributed by atoms with Crippen molar-refractivity contribution in [2.45, 2.75) is 36.9 Å². The van der Waals surface area contributed by atoms with Gasteiger partial charge in [-0.2, -0.15) is 4.31 Å². The molecule has 0 bridgehead atoms. The van der Waals surface area contributed by atoms with Crippen molar-refractivity contribution in [3.8, 4) is 0 Å². The Labute approximate surface area is 209 Å². The third-order valence-corrected chi connectivity index (χ3v) is 7.84. The van der Waals surface area contributed by atoms with Gasteiger partial charge >= 0.3 is 0 Å². The van der Waals surface area contributed by atoms with Gasteiger partial charge in [0.2, 0.25) is 15.9 Å². The smallest absolute Gasteiger partial charge is 0.243 e. The molecule has 1 saturated heterocycles. The van der Waals surface area contributed by atoms with Crippen LogP contribution in [0.2, 0.25) is 5.02 Å². The maximum absolute atomic E-state index is 13.5. The Hall–Kier alpha value is -2.72. The number of amides is 1. The topological polar surface area (TPSA) is 80.1 Å². The molecular formula is C25H26ClFN2O5S. The Bertz CT molecular complexity index is 1210. The van der Waals surface area contributed by atoms with Crippen molar-refractivity contribution in [3.05, 3.63) is 89.1 Å². The molecule has 186 valence electrons. The number of sulfonamides is 1. The first-order valence-corrected chi connectivity index (χ1v) is 13.0. The first-order valence-electron chi connectivity index (χ1n) is 11.2. The van der Waals surface area contributed by atoms with Gasteiger partial charge in [-0.05, 0) is 66.9 Å². The summed E-state index contributed by atoms with van der Waals surface area (Å²) in [7, 11) is -4.00. The molecule has 2 aromatic carbocycles. The third-order valence-electron chi connectivity index (χ3n) is 5.76. The van der Waals surface area contributed by atoms with E-state index in [9.17, 15) is 17.6 Å².